The summed E-state index contributed by atoms with van der Waals surface area (Å²) in [6.07, 6.45) is 1.44. The van der Waals surface area contributed by atoms with Crippen LogP contribution in [0.15, 0.2) is 30.6 Å². The number of aromatic nitrogens is 4. The maximum Gasteiger partial charge on any atom is 0.318 e. The average Bonchev–Trinajstić information content (AvgIpc) is 3.29. The Morgan fingerprint density at radius 1 is 1.42 bits per heavy atom. The van der Waals surface area contributed by atoms with Crippen LogP contribution in [0.2, 0.25) is 0 Å². The van der Waals surface area contributed by atoms with Gasteiger partial charge in [0.2, 0.25) is 0 Å². The van der Waals surface area contributed by atoms with Gasteiger partial charge in [0.25, 0.3) is 0 Å². The van der Waals surface area contributed by atoms with Crippen molar-refractivity contribution in [2.45, 2.75) is 19.5 Å². The molecule has 1 atom stereocenters. The fourth-order valence-corrected chi connectivity index (χ4v) is 3.60. The van der Waals surface area contributed by atoms with Crippen molar-refractivity contribution < 1.29 is 9.53 Å². The number of carbonyl (C=O) groups is 1. The van der Waals surface area contributed by atoms with Crippen LogP contribution in [0.25, 0.3) is 10.9 Å². The first-order valence-corrected chi connectivity index (χ1v) is 8.67. The number of rotatable bonds is 3. The quantitative estimate of drug-likeness (QED) is 0.752. The van der Waals surface area contributed by atoms with Crippen LogP contribution in [0.1, 0.15) is 23.1 Å². The SMILES string of the molecule is Cc1c(CNC(=O)N2CCOCC2c2ncn[nH]2)n(C)c2ccccc12. The van der Waals surface area contributed by atoms with Crippen LogP contribution >= 0.6 is 0 Å². The summed E-state index contributed by atoms with van der Waals surface area (Å²) in [6.45, 7) is 4.01. The van der Waals surface area contributed by atoms with Crippen molar-refractivity contribution in [1.82, 2.24) is 30.0 Å². The number of carbonyl (C=O) groups excluding carboxylic acids is 1. The lowest BCUT2D eigenvalue weighted by molar-refractivity contribution is 0.00863. The Hall–Kier alpha value is -2.87. The second-order valence-corrected chi connectivity index (χ2v) is 6.46. The summed E-state index contributed by atoms with van der Waals surface area (Å²) in [5, 5.41) is 11.0. The number of urea groups is 1. The van der Waals surface area contributed by atoms with Crippen molar-refractivity contribution in [2.75, 3.05) is 19.8 Å². The van der Waals surface area contributed by atoms with Gasteiger partial charge in [-0.05, 0) is 18.6 Å². The molecule has 3 aromatic rings. The molecule has 3 heterocycles. The number of aromatic amines is 1. The van der Waals surface area contributed by atoms with Gasteiger partial charge < -0.3 is 19.5 Å². The van der Waals surface area contributed by atoms with E-state index < -0.39 is 0 Å². The number of H-pyrrole nitrogens is 1. The zero-order valence-electron chi connectivity index (χ0n) is 14.9. The van der Waals surface area contributed by atoms with Crippen LogP contribution in [0, 0.1) is 6.92 Å². The van der Waals surface area contributed by atoms with Crippen LogP contribution in [0.3, 0.4) is 0 Å². The Bertz CT molecular complexity index is 878. The van der Waals surface area contributed by atoms with Crippen LogP contribution < -0.4 is 5.32 Å². The van der Waals surface area contributed by atoms with Crippen molar-refractivity contribution in [2.24, 2.45) is 7.05 Å². The standard InChI is InChI=1S/C18H22N6O2/c1-12-13-5-3-4-6-14(13)23(2)15(12)9-19-18(25)24-7-8-26-10-16(24)17-20-11-21-22-17/h3-6,11,16H,7-10H2,1-2H3,(H,19,25)(H,20,21,22). The number of morpholine rings is 1. The smallest absolute Gasteiger partial charge is 0.318 e. The molecule has 1 aliphatic heterocycles. The number of aryl methyl sites for hydroxylation is 2. The van der Waals surface area contributed by atoms with Crippen molar-refractivity contribution in [3.63, 3.8) is 0 Å². The number of nitrogens with zero attached hydrogens (tertiary/aromatic N) is 4. The van der Waals surface area contributed by atoms with E-state index in [4.69, 9.17) is 4.74 Å². The monoisotopic (exact) mass is 354 g/mol. The van der Waals surface area contributed by atoms with E-state index in [0.717, 1.165) is 5.69 Å². The molecule has 2 N–H and O–H groups in total. The first-order chi connectivity index (χ1) is 12.7. The normalized spacial score (nSPS) is 17.6. The molecule has 26 heavy (non-hydrogen) atoms. The fourth-order valence-electron chi connectivity index (χ4n) is 3.60. The van der Waals surface area contributed by atoms with Crippen LogP contribution in [-0.2, 0) is 18.3 Å². The van der Waals surface area contributed by atoms with E-state index in [2.05, 4.69) is 44.1 Å². The van der Waals surface area contributed by atoms with E-state index in [1.54, 1.807) is 4.90 Å². The summed E-state index contributed by atoms with van der Waals surface area (Å²) in [4.78, 5) is 18.7. The molecule has 8 heteroatoms. The molecule has 0 aliphatic carbocycles. The van der Waals surface area contributed by atoms with E-state index in [-0.39, 0.29) is 12.1 Å². The maximum atomic E-state index is 12.8. The molecule has 1 aromatic carbocycles. The van der Waals surface area contributed by atoms with Crippen LogP contribution in [0.5, 0.6) is 0 Å². The van der Waals surface area contributed by atoms with Gasteiger partial charge in [-0.2, -0.15) is 5.10 Å². The minimum atomic E-state index is -0.250. The third-order valence-electron chi connectivity index (χ3n) is 5.05. The number of ether oxygens (including phenoxy) is 1. The molecule has 0 spiro atoms. The molecule has 1 fully saturated rings. The highest BCUT2D eigenvalue weighted by Gasteiger charge is 2.30. The lowest BCUT2D eigenvalue weighted by Crippen LogP contribution is -2.48. The summed E-state index contributed by atoms with van der Waals surface area (Å²) < 4.78 is 7.65. The molecule has 1 saturated heterocycles. The molecule has 0 radical (unpaired) electrons. The highest BCUT2D eigenvalue weighted by Crippen LogP contribution is 2.25. The number of fused-ring (bicyclic) bond motifs is 1. The van der Waals surface area contributed by atoms with E-state index in [1.807, 2.05) is 19.2 Å². The van der Waals surface area contributed by atoms with Gasteiger partial charge in [0.05, 0.1) is 19.8 Å². The minimum absolute atomic E-state index is 0.126. The van der Waals surface area contributed by atoms with Crippen LogP contribution in [-0.4, -0.2) is 50.4 Å². The van der Waals surface area contributed by atoms with Gasteiger partial charge in [-0.15, -0.1) is 0 Å². The molecule has 1 unspecified atom stereocenters. The topological polar surface area (TPSA) is 88.1 Å². The van der Waals surface area contributed by atoms with E-state index in [9.17, 15) is 4.79 Å². The van der Waals surface area contributed by atoms with E-state index >= 15 is 0 Å². The Balaban J connectivity index is 1.52. The Labute approximate surface area is 151 Å². The molecule has 4 rings (SSSR count). The first kappa shape index (κ1) is 16.6. The largest absolute Gasteiger partial charge is 0.377 e. The van der Waals surface area contributed by atoms with Gasteiger partial charge in [0.15, 0.2) is 0 Å². The average molecular weight is 354 g/mol. The van der Waals surface area contributed by atoms with E-state index in [0.29, 0.717) is 32.1 Å². The number of hydrogen-bond acceptors (Lipinski definition) is 4. The summed E-state index contributed by atoms with van der Waals surface area (Å²) in [6, 6.07) is 7.89. The van der Waals surface area contributed by atoms with Crippen molar-refractivity contribution in [1.29, 1.82) is 0 Å². The highest BCUT2D eigenvalue weighted by atomic mass is 16.5. The summed E-state index contributed by atoms with van der Waals surface area (Å²) in [7, 11) is 2.03. The first-order valence-electron chi connectivity index (χ1n) is 8.67. The maximum absolute atomic E-state index is 12.8. The summed E-state index contributed by atoms with van der Waals surface area (Å²) in [5.41, 5.74) is 3.46. The molecule has 0 bridgehead atoms. The Morgan fingerprint density at radius 3 is 3.04 bits per heavy atom. The molecule has 1 aliphatic rings. The second kappa shape index (κ2) is 6.80. The van der Waals surface area contributed by atoms with E-state index in [1.165, 1.54) is 22.8 Å². The van der Waals surface area contributed by atoms with Gasteiger partial charge in [-0.1, -0.05) is 18.2 Å². The molecule has 8 nitrogen and oxygen atoms in total. The zero-order chi connectivity index (χ0) is 18.1. The molecule has 2 aromatic heterocycles. The molecule has 136 valence electrons. The summed E-state index contributed by atoms with van der Waals surface area (Å²) >= 11 is 0. The molecule has 2 amide bonds. The number of benzene rings is 1. The number of amides is 2. The molecular formula is C18H22N6O2. The van der Waals surface area contributed by atoms with Gasteiger partial charge in [-0.25, -0.2) is 9.78 Å². The second-order valence-electron chi connectivity index (χ2n) is 6.46. The third-order valence-corrected chi connectivity index (χ3v) is 5.05. The fraction of sp³-hybridized carbons (Fsp3) is 0.389. The third kappa shape index (κ3) is 2.82. The predicted octanol–water partition coefficient (Wildman–Crippen LogP) is 1.89. The molecular weight excluding hydrogens is 332 g/mol. The van der Waals surface area contributed by atoms with Crippen molar-refractivity contribution in [3.05, 3.63) is 47.7 Å². The van der Waals surface area contributed by atoms with Crippen molar-refractivity contribution >= 4 is 16.9 Å². The van der Waals surface area contributed by atoms with Crippen LogP contribution in [0.4, 0.5) is 4.79 Å². The number of para-hydroxylation sites is 1. The minimum Gasteiger partial charge on any atom is -0.377 e. The number of nitrogens with one attached hydrogen (secondary N) is 2. The zero-order valence-corrected chi connectivity index (χ0v) is 14.9. The Kier molecular flexibility index (Phi) is 4.34. The Morgan fingerprint density at radius 2 is 2.27 bits per heavy atom. The lowest BCUT2D eigenvalue weighted by atomic mass is 10.1. The van der Waals surface area contributed by atoms with Gasteiger partial charge in [0.1, 0.15) is 18.2 Å². The number of hydrogen-bond donors (Lipinski definition) is 2. The van der Waals surface area contributed by atoms with Gasteiger partial charge in [0, 0.05) is 30.2 Å². The van der Waals surface area contributed by atoms with Crippen molar-refractivity contribution in [3.8, 4) is 0 Å². The highest BCUT2D eigenvalue weighted by molar-refractivity contribution is 5.85. The summed E-state index contributed by atoms with van der Waals surface area (Å²) in [5.74, 6) is 0.639. The van der Waals surface area contributed by atoms with Gasteiger partial charge >= 0.3 is 6.03 Å². The predicted molar refractivity (Wildman–Crippen MR) is 96.5 cm³/mol. The van der Waals surface area contributed by atoms with Gasteiger partial charge in [-0.3, -0.25) is 5.10 Å². The lowest BCUT2D eigenvalue weighted by Gasteiger charge is -2.34. The molecule has 0 saturated carbocycles.